The van der Waals surface area contributed by atoms with Crippen LogP contribution in [-0.2, 0) is 10.0 Å². The summed E-state index contributed by atoms with van der Waals surface area (Å²) < 4.78 is 38.1. The molecule has 2 aromatic carbocycles. The van der Waals surface area contributed by atoms with Crippen molar-refractivity contribution in [2.75, 3.05) is 18.9 Å². The van der Waals surface area contributed by atoms with Gasteiger partial charge in [0.15, 0.2) is 0 Å². The van der Waals surface area contributed by atoms with Gasteiger partial charge in [-0.25, -0.2) is 13.4 Å². The topological polar surface area (TPSA) is 77.5 Å². The quantitative estimate of drug-likeness (QED) is 0.770. The molecular weight excluding hydrogens is 328 g/mol. The summed E-state index contributed by atoms with van der Waals surface area (Å²) in [5.74, 6) is 0.790. The van der Waals surface area contributed by atoms with Crippen molar-refractivity contribution in [2.24, 2.45) is 0 Å². The monoisotopic (exact) mass is 344 g/mol. The van der Waals surface area contributed by atoms with Gasteiger partial charge < -0.3 is 9.47 Å². The molecule has 0 saturated carbocycles. The van der Waals surface area contributed by atoms with Crippen molar-refractivity contribution in [3.63, 3.8) is 0 Å². The summed E-state index contributed by atoms with van der Waals surface area (Å²) in [6, 6.07) is 15.2. The molecule has 3 aromatic rings. The van der Waals surface area contributed by atoms with E-state index in [1.165, 1.54) is 19.2 Å². The predicted molar refractivity (Wildman–Crippen MR) is 92.1 cm³/mol. The van der Waals surface area contributed by atoms with Crippen molar-refractivity contribution in [3.8, 4) is 11.6 Å². The minimum atomic E-state index is -3.74. The number of nitrogens with zero attached hydrogens (tertiary/aromatic N) is 1. The number of anilines is 1. The van der Waals surface area contributed by atoms with Crippen LogP contribution in [0.15, 0.2) is 59.5 Å². The van der Waals surface area contributed by atoms with E-state index < -0.39 is 10.0 Å². The fourth-order valence-corrected chi connectivity index (χ4v) is 3.43. The Morgan fingerprint density at radius 2 is 1.71 bits per heavy atom. The zero-order valence-electron chi connectivity index (χ0n) is 13.2. The zero-order valence-corrected chi connectivity index (χ0v) is 14.0. The van der Waals surface area contributed by atoms with Gasteiger partial charge in [0, 0.05) is 5.39 Å². The number of nitrogens with one attached hydrogen (secondary N) is 1. The maximum Gasteiger partial charge on any atom is 0.262 e. The third-order valence-electron chi connectivity index (χ3n) is 3.50. The van der Waals surface area contributed by atoms with Crippen LogP contribution in [0.2, 0.25) is 0 Å². The van der Waals surface area contributed by atoms with Crippen LogP contribution in [0, 0.1) is 0 Å². The number of aromatic nitrogens is 1. The number of pyridine rings is 1. The van der Waals surface area contributed by atoms with Crippen molar-refractivity contribution in [1.29, 1.82) is 0 Å². The SMILES string of the molecule is COc1nc2cccc(OC)c2cc1NS(=O)(=O)c1ccccc1. The molecule has 6 nitrogen and oxygen atoms in total. The van der Waals surface area contributed by atoms with Crippen LogP contribution < -0.4 is 14.2 Å². The van der Waals surface area contributed by atoms with Crippen LogP contribution in [0.5, 0.6) is 11.6 Å². The number of sulfonamides is 1. The van der Waals surface area contributed by atoms with Gasteiger partial charge in [0.1, 0.15) is 11.4 Å². The van der Waals surface area contributed by atoms with Crippen LogP contribution >= 0.6 is 0 Å². The summed E-state index contributed by atoms with van der Waals surface area (Å²) in [5.41, 5.74) is 0.896. The van der Waals surface area contributed by atoms with Gasteiger partial charge in [-0.05, 0) is 30.3 Å². The number of hydrogen-bond acceptors (Lipinski definition) is 5. The predicted octanol–water partition coefficient (Wildman–Crippen LogP) is 3.05. The second kappa shape index (κ2) is 6.37. The molecule has 3 rings (SSSR count). The molecule has 1 N–H and O–H groups in total. The van der Waals surface area contributed by atoms with Gasteiger partial charge in [-0.15, -0.1) is 0 Å². The number of methoxy groups -OCH3 is 2. The molecule has 0 amide bonds. The van der Waals surface area contributed by atoms with E-state index in [0.29, 0.717) is 16.7 Å². The lowest BCUT2D eigenvalue weighted by Crippen LogP contribution is -2.14. The molecule has 0 unspecified atom stereocenters. The molecule has 0 aliphatic rings. The second-order valence-electron chi connectivity index (χ2n) is 4.99. The molecule has 0 atom stereocenters. The summed E-state index contributed by atoms with van der Waals surface area (Å²) in [7, 11) is -0.757. The smallest absolute Gasteiger partial charge is 0.262 e. The molecule has 0 saturated heterocycles. The number of benzene rings is 2. The van der Waals surface area contributed by atoms with Crippen LogP contribution in [0.25, 0.3) is 10.9 Å². The summed E-state index contributed by atoms with van der Waals surface area (Å²) in [4.78, 5) is 4.51. The molecule has 0 radical (unpaired) electrons. The van der Waals surface area contributed by atoms with Crippen molar-refractivity contribution in [2.45, 2.75) is 4.90 Å². The normalized spacial score (nSPS) is 11.2. The van der Waals surface area contributed by atoms with Crippen molar-refractivity contribution in [1.82, 2.24) is 4.98 Å². The van der Waals surface area contributed by atoms with Gasteiger partial charge in [0.2, 0.25) is 5.88 Å². The third kappa shape index (κ3) is 2.98. The largest absolute Gasteiger partial charge is 0.496 e. The lowest BCUT2D eigenvalue weighted by molar-refractivity contribution is 0.401. The molecule has 0 aliphatic heterocycles. The van der Waals surface area contributed by atoms with Gasteiger partial charge in [0.05, 0.1) is 24.6 Å². The number of fused-ring (bicyclic) bond motifs is 1. The van der Waals surface area contributed by atoms with E-state index in [1.54, 1.807) is 49.6 Å². The van der Waals surface area contributed by atoms with Gasteiger partial charge in [0.25, 0.3) is 10.0 Å². The molecule has 124 valence electrons. The molecule has 0 fully saturated rings. The number of ether oxygens (including phenoxy) is 2. The first-order chi connectivity index (χ1) is 11.5. The summed E-state index contributed by atoms with van der Waals surface area (Å²) >= 11 is 0. The Hall–Kier alpha value is -2.80. The fourth-order valence-electron chi connectivity index (χ4n) is 2.36. The van der Waals surface area contributed by atoms with Crippen LogP contribution in [0.1, 0.15) is 0 Å². The Balaban J connectivity index is 2.11. The van der Waals surface area contributed by atoms with E-state index in [0.717, 1.165) is 0 Å². The van der Waals surface area contributed by atoms with E-state index in [2.05, 4.69) is 9.71 Å². The molecular formula is C17H16N2O4S. The number of rotatable bonds is 5. The van der Waals surface area contributed by atoms with Gasteiger partial charge >= 0.3 is 0 Å². The van der Waals surface area contributed by atoms with E-state index in [9.17, 15) is 8.42 Å². The minimum absolute atomic E-state index is 0.159. The van der Waals surface area contributed by atoms with Gasteiger partial charge in [-0.3, -0.25) is 4.72 Å². The highest BCUT2D eigenvalue weighted by Gasteiger charge is 2.18. The summed E-state index contributed by atoms with van der Waals surface area (Å²) in [5, 5.41) is 0.687. The lowest BCUT2D eigenvalue weighted by atomic mass is 10.2. The van der Waals surface area contributed by atoms with Gasteiger partial charge in [-0.2, -0.15) is 0 Å². The Labute approximate surface area is 140 Å². The van der Waals surface area contributed by atoms with Crippen LogP contribution in [0.4, 0.5) is 5.69 Å². The first-order valence-corrected chi connectivity index (χ1v) is 8.63. The maximum absolute atomic E-state index is 12.5. The Morgan fingerprint density at radius 3 is 2.38 bits per heavy atom. The highest BCUT2D eigenvalue weighted by molar-refractivity contribution is 7.92. The van der Waals surface area contributed by atoms with Crippen molar-refractivity contribution < 1.29 is 17.9 Å². The van der Waals surface area contributed by atoms with Gasteiger partial charge in [-0.1, -0.05) is 24.3 Å². The van der Waals surface area contributed by atoms with E-state index in [1.807, 2.05) is 0 Å². The van der Waals surface area contributed by atoms with E-state index in [-0.39, 0.29) is 16.5 Å². The molecule has 1 aromatic heterocycles. The van der Waals surface area contributed by atoms with E-state index in [4.69, 9.17) is 9.47 Å². The average molecular weight is 344 g/mol. The Morgan fingerprint density at radius 1 is 0.958 bits per heavy atom. The van der Waals surface area contributed by atoms with Crippen molar-refractivity contribution in [3.05, 3.63) is 54.6 Å². The first kappa shape index (κ1) is 16.1. The first-order valence-electron chi connectivity index (χ1n) is 7.15. The summed E-state index contributed by atoms with van der Waals surface area (Å²) in [6.07, 6.45) is 0. The molecule has 7 heteroatoms. The average Bonchev–Trinajstić information content (AvgIpc) is 2.61. The van der Waals surface area contributed by atoms with Crippen LogP contribution in [-0.4, -0.2) is 27.6 Å². The molecule has 0 aliphatic carbocycles. The molecule has 1 heterocycles. The highest BCUT2D eigenvalue weighted by atomic mass is 32.2. The molecule has 0 spiro atoms. The number of hydrogen-bond donors (Lipinski definition) is 1. The molecule has 0 bridgehead atoms. The van der Waals surface area contributed by atoms with Crippen LogP contribution in [0.3, 0.4) is 0 Å². The highest BCUT2D eigenvalue weighted by Crippen LogP contribution is 2.33. The standard InChI is InChI=1S/C17H16N2O4S/c1-22-16-10-6-9-14-13(16)11-15(17(18-14)23-2)19-24(20,21)12-7-4-3-5-8-12/h3-11,19H,1-2H3. The second-order valence-corrected chi connectivity index (χ2v) is 6.67. The zero-order chi connectivity index (χ0) is 17.2. The lowest BCUT2D eigenvalue weighted by Gasteiger charge is -2.13. The minimum Gasteiger partial charge on any atom is -0.496 e. The van der Waals surface area contributed by atoms with Crippen molar-refractivity contribution >= 4 is 26.6 Å². The fraction of sp³-hybridized carbons (Fsp3) is 0.118. The molecule has 24 heavy (non-hydrogen) atoms. The Kier molecular flexibility index (Phi) is 4.26. The van der Waals surface area contributed by atoms with E-state index >= 15 is 0 Å². The third-order valence-corrected chi connectivity index (χ3v) is 4.88. The summed E-state index contributed by atoms with van der Waals surface area (Å²) in [6.45, 7) is 0. The maximum atomic E-state index is 12.5. The Bertz CT molecular complexity index is 973.